The summed E-state index contributed by atoms with van der Waals surface area (Å²) in [6.45, 7) is 3.93. The first-order valence-corrected chi connectivity index (χ1v) is 11.0. The monoisotopic (exact) mass is 485 g/mol. The molecule has 3 atom stereocenters. The largest absolute Gasteiger partial charge is 0.392 e. The molecular formula is C23H25F2N7OS. The van der Waals surface area contributed by atoms with Gasteiger partial charge in [0, 0.05) is 30.4 Å². The molecule has 1 fully saturated rings. The van der Waals surface area contributed by atoms with Crippen LogP contribution in [0.2, 0.25) is 0 Å². The van der Waals surface area contributed by atoms with Crippen LogP contribution in [0.4, 0.5) is 20.3 Å². The number of aromatic nitrogens is 3. The van der Waals surface area contributed by atoms with E-state index in [0.717, 1.165) is 6.07 Å². The van der Waals surface area contributed by atoms with E-state index in [1.54, 1.807) is 13.0 Å². The van der Waals surface area contributed by atoms with Crippen molar-refractivity contribution in [2.75, 3.05) is 11.9 Å². The number of nitriles is 1. The van der Waals surface area contributed by atoms with Gasteiger partial charge >= 0.3 is 0 Å². The first-order valence-electron chi connectivity index (χ1n) is 10.2. The lowest BCUT2D eigenvalue weighted by atomic mass is 10.0. The third-order valence-corrected chi connectivity index (χ3v) is 7.08. The number of hydrogen-bond donors (Lipinski definition) is 3. The van der Waals surface area contributed by atoms with Crippen LogP contribution in [-0.2, 0) is 0 Å². The third-order valence-electron chi connectivity index (χ3n) is 5.57. The number of pyridine rings is 1. The molecule has 1 aliphatic carbocycles. The molecule has 178 valence electrons. The number of halogens is 2. The number of benzene rings is 1. The fourth-order valence-corrected chi connectivity index (χ4v) is 5.12. The summed E-state index contributed by atoms with van der Waals surface area (Å²) in [7, 11) is 0. The van der Waals surface area contributed by atoms with E-state index in [2.05, 4.69) is 25.3 Å². The Balaban J connectivity index is 0.00000324. The standard InChI is InChI=1S/C22H21F2N7OS.CH4/c1-3-27-21(26)33-22(11(2)32)7-15(22)14-5-13(6-16(23)18(14)24)31-20-19-17(29-10-30-20)4-12(8-25)9-28-19;/h4-6,9-11,15,32H,3,7H2,1-2H3,(H2,26,27)(H,29,30,31);1H4/t11-,15?,22-;/m1./s1. The maximum Gasteiger partial charge on any atom is 0.162 e. The van der Waals surface area contributed by atoms with Gasteiger partial charge in [-0.05, 0) is 38.0 Å². The molecule has 34 heavy (non-hydrogen) atoms. The number of aliphatic imine (C=N–C) groups is 1. The molecule has 4 N–H and O–H groups in total. The van der Waals surface area contributed by atoms with Gasteiger partial charge in [0.25, 0.3) is 0 Å². The number of aliphatic hydroxyl groups is 1. The van der Waals surface area contributed by atoms with Crippen molar-refractivity contribution in [1.29, 1.82) is 5.26 Å². The maximum atomic E-state index is 14.8. The fraction of sp³-hybridized carbons (Fsp3) is 0.348. The van der Waals surface area contributed by atoms with E-state index in [0.29, 0.717) is 34.7 Å². The van der Waals surface area contributed by atoms with Crippen molar-refractivity contribution in [3.05, 3.63) is 53.5 Å². The maximum absolute atomic E-state index is 14.8. The summed E-state index contributed by atoms with van der Waals surface area (Å²) in [6.07, 6.45) is 2.28. The van der Waals surface area contributed by atoms with Crippen LogP contribution >= 0.6 is 11.8 Å². The smallest absolute Gasteiger partial charge is 0.162 e. The molecule has 0 aliphatic heterocycles. The Labute approximate surface area is 200 Å². The van der Waals surface area contributed by atoms with Crippen LogP contribution in [0.25, 0.3) is 11.0 Å². The predicted octanol–water partition coefficient (Wildman–Crippen LogP) is 4.23. The number of rotatable bonds is 6. The lowest BCUT2D eigenvalue weighted by Crippen LogP contribution is -2.28. The molecule has 11 heteroatoms. The van der Waals surface area contributed by atoms with E-state index in [1.807, 2.05) is 13.0 Å². The van der Waals surface area contributed by atoms with Gasteiger partial charge in [0.05, 0.1) is 21.9 Å². The van der Waals surface area contributed by atoms with Gasteiger partial charge < -0.3 is 16.2 Å². The number of fused-ring (bicyclic) bond motifs is 1. The molecule has 1 saturated carbocycles. The van der Waals surface area contributed by atoms with Crippen molar-refractivity contribution in [3.63, 3.8) is 0 Å². The molecule has 0 spiro atoms. The molecule has 2 aromatic heterocycles. The molecule has 1 aromatic carbocycles. The molecule has 1 aliphatic rings. The summed E-state index contributed by atoms with van der Waals surface area (Å²) in [5.41, 5.74) is 7.50. The molecule has 0 amide bonds. The first kappa shape index (κ1) is 25.3. The number of nitrogens with two attached hydrogens (primary N) is 1. The van der Waals surface area contributed by atoms with Gasteiger partial charge in [-0.3, -0.25) is 4.99 Å². The van der Waals surface area contributed by atoms with Crippen molar-refractivity contribution in [2.24, 2.45) is 10.7 Å². The summed E-state index contributed by atoms with van der Waals surface area (Å²) in [5, 5.41) is 22.7. The zero-order chi connectivity index (χ0) is 23.8. The number of amidine groups is 1. The lowest BCUT2D eigenvalue weighted by Gasteiger charge is -2.20. The molecule has 4 rings (SSSR count). The summed E-state index contributed by atoms with van der Waals surface area (Å²) >= 11 is 1.19. The predicted molar refractivity (Wildman–Crippen MR) is 130 cm³/mol. The zero-order valence-electron chi connectivity index (χ0n) is 17.9. The number of nitrogens with one attached hydrogen (secondary N) is 1. The number of thioether (sulfide) groups is 1. The van der Waals surface area contributed by atoms with Gasteiger partial charge in [0.1, 0.15) is 17.9 Å². The van der Waals surface area contributed by atoms with Crippen LogP contribution in [0.5, 0.6) is 0 Å². The Bertz CT molecular complexity index is 1290. The van der Waals surface area contributed by atoms with Crippen LogP contribution < -0.4 is 11.1 Å². The van der Waals surface area contributed by atoms with E-state index in [1.165, 1.54) is 30.4 Å². The van der Waals surface area contributed by atoms with Crippen molar-refractivity contribution in [1.82, 2.24) is 15.0 Å². The average Bonchev–Trinajstić information content (AvgIpc) is 3.51. The minimum absolute atomic E-state index is 0. The Hall–Kier alpha value is -3.36. The van der Waals surface area contributed by atoms with Gasteiger partial charge in [-0.1, -0.05) is 19.2 Å². The topological polar surface area (TPSA) is 133 Å². The minimum Gasteiger partial charge on any atom is -0.392 e. The minimum atomic E-state index is -1.03. The normalized spacial score (nSPS) is 20.4. The Morgan fingerprint density at radius 2 is 2.15 bits per heavy atom. The van der Waals surface area contributed by atoms with Crippen molar-refractivity contribution in [3.8, 4) is 6.07 Å². The highest BCUT2D eigenvalue weighted by atomic mass is 32.2. The van der Waals surface area contributed by atoms with Crippen molar-refractivity contribution >= 4 is 39.5 Å². The van der Waals surface area contributed by atoms with Gasteiger partial charge in [0.15, 0.2) is 22.6 Å². The highest BCUT2D eigenvalue weighted by molar-refractivity contribution is 8.15. The number of hydrogen-bond acceptors (Lipinski definition) is 8. The summed E-state index contributed by atoms with van der Waals surface area (Å²) in [4.78, 5) is 16.6. The van der Waals surface area contributed by atoms with Gasteiger partial charge in [-0.15, -0.1) is 0 Å². The molecule has 0 radical (unpaired) electrons. The second-order valence-electron chi connectivity index (χ2n) is 7.71. The molecule has 2 heterocycles. The number of anilines is 2. The second kappa shape index (κ2) is 9.87. The van der Waals surface area contributed by atoms with E-state index in [-0.39, 0.29) is 24.5 Å². The summed E-state index contributed by atoms with van der Waals surface area (Å²) in [5.74, 6) is -2.17. The number of nitrogens with zero attached hydrogens (tertiary/aromatic N) is 5. The molecule has 8 nitrogen and oxygen atoms in total. The summed E-state index contributed by atoms with van der Waals surface area (Å²) < 4.78 is 28.6. The lowest BCUT2D eigenvalue weighted by molar-refractivity contribution is 0.182. The average molecular weight is 486 g/mol. The molecule has 3 aromatic rings. The summed E-state index contributed by atoms with van der Waals surface area (Å²) in [6, 6.07) is 6.08. The fourth-order valence-electron chi connectivity index (χ4n) is 3.85. The van der Waals surface area contributed by atoms with Crippen LogP contribution in [0, 0.1) is 23.0 Å². The van der Waals surface area contributed by atoms with E-state index < -0.39 is 28.4 Å². The molecule has 0 saturated heterocycles. The van der Waals surface area contributed by atoms with Gasteiger partial charge in [-0.2, -0.15) is 5.26 Å². The Kier molecular flexibility index (Phi) is 7.33. The third kappa shape index (κ3) is 4.64. The highest BCUT2D eigenvalue weighted by Crippen LogP contribution is 2.63. The first-order chi connectivity index (χ1) is 15.8. The van der Waals surface area contributed by atoms with E-state index >= 15 is 0 Å². The second-order valence-corrected chi connectivity index (χ2v) is 9.10. The van der Waals surface area contributed by atoms with E-state index in [9.17, 15) is 13.9 Å². The Morgan fingerprint density at radius 1 is 1.38 bits per heavy atom. The van der Waals surface area contributed by atoms with Crippen molar-refractivity contribution in [2.45, 2.75) is 44.5 Å². The van der Waals surface area contributed by atoms with Crippen molar-refractivity contribution < 1.29 is 13.9 Å². The van der Waals surface area contributed by atoms with E-state index in [4.69, 9.17) is 11.0 Å². The SMILES string of the molecule is C.CCN=C(N)S[C@@]1([C@@H](C)O)CC1c1cc(Nc2ncnc3cc(C#N)cnc23)cc(F)c1F. The quantitative estimate of drug-likeness (QED) is 0.349. The molecule has 0 bridgehead atoms. The van der Waals surface area contributed by atoms with Crippen LogP contribution in [0.1, 0.15) is 44.7 Å². The van der Waals surface area contributed by atoms with Gasteiger partial charge in [0.2, 0.25) is 0 Å². The zero-order valence-corrected chi connectivity index (χ0v) is 18.7. The Morgan fingerprint density at radius 3 is 2.82 bits per heavy atom. The molecule has 1 unspecified atom stereocenters. The van der Waals surface area contributed by atoms with Crippen LogP contribution in [0.15, 0.2) is 35.7 Å². The van der Waals surface area contributed by atoms with Gasteiger partial charge in [-0.25, -0.2) is 23.7 Å². The van der Waals surface area contributed by atoms with Crippen LogP contribution in [0.3, 0.4) is 0 Å². The number of aliphatic hydroxyl groups excluding tert-OH is 1. The highest BCUT2D eigenvalue weighted by Gasteiger charge is 2.60. The van der Waals surface area contributed by atoms with Crippen LogP contribution in [-0.4, -0.2) is 42.6 Å². The molecular weight excluding hydrogens is 460 g/mol.